The van der Waals surface area contributed by atoms with Gasteiger partial charge in [-0.3, -0.25) is 0 Å². The summed E-state index contributed by atoms with van der Waals surface area (Å²) < 4.78 is 37.2. The quantitative estimate of drug-likeness (QED) is 0.839. The number of anilines is 1. The minimum absolute atomic E-state index is 0.443. The molecule has 2 aromatic rings. The first-order valence-electron chi connectivity index (χ1n) is 5.61. The van der Waals surface area contributed by atoms with Crippen LogP contribution in [0.4, 0.5) is 18.9 Å². The lowest BCUT2D eigenvalue weighted by Gasteiger charge is -2.09. The van der Waals surface area contributed by atoms with E-state index in [-0.39, 0.29) is 0 Å². The molecule has 0 saturated carbocycles. The summed E-state index contributed by atoms with van der Waals surface area (Å²) in [7, 11) is 0. The van der Waals surface area contributed by atoms with Gasteiger partial charge in [0.2, 0.25) is 0 Å². The maximum Gasteiger partial charge on any atom is 0.416 e. The van der Waals surface area contributed by atoms with E-state index < -0.39 is 11.7 Å². The van der Waals surface area contributed by atoms with Crippen LogP contribution >= 0.6 is 11.6 Å². The molecule has 19 heavy (non-hydrogen) atoms. The molecule has 0 atom stereocenters. The van der Waals surface area contributed by atoms with Crippen LogP contribution in [0.5, 0.6) is 0 Å². The molecular weight excluding hydrogens is 275 g/mol. The SMILES string of the molecule is FC(F)(F)c1ccc(CNc2cccc(Cl)c2)cc1. The maximum atomic E-state index is 12.4. The smallest absolute Gasteiger partial charge is 0.381 e. The van der Waals surface area contributed by atoms with Gasteiger partial charge in [0.15, 0.2) is 0 Å². The summed E-state index contributed by atoms with van der Waals surface area (Å²) >= 11 is 5.83. The monoisotopic (exact) mass is 285 g/mol. The lowest BCUT2D eigenvalue weighted by Crippen LogP contribution is -2.05. The van der Waals surface area contributed by atoms with E-state index in [2.05, 4.69) is 5.32 Å². The third kappa shape index (κ3) is 3.89. The molecule has 0 unspecified atom stereocenters. The predicted octanol–water partition coefficient (Wildman–Crippen LogP) is 4.97. The molecule has 0 heterocycles. The molecule has 0 amide bonds. The fraction of sp³-hybridized carbons (Fsp3) is 0.143. The van der Waals surface area contributed by atoms with E-state index in [1.807, 2.05) is 6.07 Å². The Labute approximate surface area is 114 Å². The van der Waals surface area contributed by atoms with Gasteiger partial charge >= 0.3 is 6.18 Å². The summed E-state index contributed by atoms with van der Waals surface area (Å²) in [5.41, 5.74) is 0.958. The zero-order chi connectivity index (χ0) is 13.9. The highest BCUT2D eigenvalue weighted by atomic mass is 35.5. The van der Waals surface area contributed by atoms with Gasteiger partial charge in [-0.05, 0) is 35.9 Å². The summed E-state index contributed by atoms with van der Waals surface area (Å²) in [5, 5.41) is 3.70. The number of nitrogens with one attached hydrogen (secondary N) is 1. The topological polar surface area (TPSA) is 12.0 Å². The third-order valence-corrected chi connectivity index (χ3v) is 2.84. The molecule has 0 saturated heterocycles. The van der Waals surface area contributed by atoms with E-state index in [1.54, 1.807) is 18.2 Å². The van der Waals surface area contributed by atoms with Crippen molar-refractivity contribution in [3.63, 3.8) is 0 Å². The zero-order valence-corrected chi connectivity index (χ0v) is 10.6. The van der Waals surface area contributed by atoms with E-state index in [0.717, 1.165) is 23.4 Å². The summed E-state index contributed by atoms with van der Waals surface area (Å²) in [6, 6.07) is 12.2. The number of benzene rings is 2. The second kappa shape index (κ2) is 5.53. The first-order valence-corrected chi connectivity index (χ1v) is 5.98. The largest absolute Gasteiger partial charge is 0.416 e. The van der Waals surface area contributed by atoms with E-state index in [4.69, 9.17) is 11.6 Å². The van der Waals surface area contributed by atoms with Crippen LogP contribution in [0.2, 0.25) is 5.02 Å². The van der Waals surface area contributed by atoms with Crippen molar-refractivity contribution >= 4 is 17.3 Å². The summed E-state index contributed by atoms with van der Waals surface area (Å²) in [5.74, 6) is 0. The molecule has 0 spiro atoms. The molecule has 1 N–H and O–H groups in total. The molecule has 2 rings (SSSR count). The Hall–Kier alpha value is -1.68. The van der Waals surface area contributed by atoms with Crippen LogP contribution in [-0.4, -0.2) is 0 Å². The average Bonchev–Trinajstić information content (AvgIpc) is 2.36. The van der Waals surface area contributed by atoms with Gasteiger partial charge in [-0.2, -0.15) is 13.2 Å². The molecule has 2 aromatic carbocycles. The first-order chi connectivity index (χ1) is 8.95. The Kier molecular flexibility index (Phi) is 4.00. The van der Waals surface area contributed by atoms with Crippen molar-refractivity contribution in [2.24, 2.45) is 0 Å². The third-order valence-electron chi connectivity index (χ3n) is 2.60. The van der Waals surface area contributed by atoms with Crippen molar-refractivity contribution < 1.29 is 13.2 Å². The summed E-state index contributed by atoms with van der Waals surface area (Å²) in [4.78, 5) is 0. The molecule has 0 aliphatic carbocycles. The molecule has 0 aliphatic heterocycles. The lowest BCUT2D eigenvalue weighted by atomic mass is 10.1. The van der Waals surface area contributed by atoms with E-state index in [1.165, 1.54) is 12.1 Å². The Morgan fingerprint density at radius 3 is 2.26 bits per heavy atom. The fourth-order valence-corrected chi connectivity index (χ4v) is 1.80. The molecule has 0 bridgehead atoms. The zero-order valence-electron chi connectivity index (χ0n) is 9.84. The predicted molar refractivity (Wildman–Crippen MR) is 70.2 cm³/mol. The number of alkyl halides is 3. The average molecular weight is 286 g/mol. The Balaban J connectivity index is 2.01. The summed E-state index contributed by atoms with van der Waals surface area (Å²) in [6.07, 6.45) is -4.29. The van der Waals surface area contributed by atoms with Crippen molar-refractivity contribution in [1.82, 2.24) is 0 Å². The number of hydrogen-bond donors (Lipinski definition) is 1. The van der Waals surface area contributed by atoms with Crippen LogP contribution in [0.3, 0.4) is 0 Å². The minimum Gasteiger partial charge on any atom is -0.381 e. The highest BCUT2D eigenvalue weighted by Crippen LogP contribution is 2.29. The summed E-state index contributed by atoms with van der Waals surface area (Å²) in [6.45, 7) is 0.443. The van der Waals surface area contributed by atoms with Gasteiger partial charge in [0.1, 0.15) is 0 Å². The second-order valence-electron chi connectivity index (χ2n) is 4.06. The van der Waals surface area contributed by atoms with Gasteiger partial charge < -0.3 is 5.32 Å². The number of hydrogen-bond acceptors (Lipinski definition) is 1. The second-order valence-corrected chi connectivity index (χ2v) is 4.50. The van der Waals surface area contributed by atoms with E-state index >= 15 is 0 Å². The van der Waals surface area contributed by atoms with Gasteiger partial charge in [0, 0.05) is 17.3 Å². The molecule has 100 valence electrons. The van der Waals surface area contributed by atoms with Crippen LogP contribution in [0.1, 0.15) is 11.1 Å². The molecule has 0 aromatic heterocycles. The Bertz CT molecular complexity index is 549. The van der Waals surface area contributed by atoms with Gasteiger partial charge in [-0.25, -0.2) is 0 Å². The van der Waals surface area contributed by atoms with Crippen LogP contribution in [0, 0.1) is 0 Å². The highest BCUT2D eigenvalue weighted by molar-refractivity contribution is 6.30. The van der Waals surface area contributed by atoms with Crippen molar-refractivity contribution in [3.05, 3.63) is 64.7 Å². The molecule has 0 aliphatic rings. The van der Waals surface area contributed by atoms with Crippen LogP contribution in [-0.2, 0) is 12.7 Å². The molecule has 0 fully saturated rings. The van der Waals surface area contributed by atoms with Crippen LogP contribution < -0.4 is 5.32 Å². The number of halogens is 4. The number of rotatable bonds is 3. The van der Waals surface area contributed by atoms with Crippen molar-refractivity contribution in [2.45, 2.75) is 12.7 Å². The molecule has 5 heteroatoms. The standard InChI is InChI=1S/C14H11ClF3N/c15-12-2-1-3-13(8-12)19-9-10-4-6-11(7-5-10)14(16,17)18/h1-8,19H,9H2. The normalized spacial score (nSPS) is 11.4. The lowest BCUT2D eigenvalue weighted by molar-refractivity contribution is -0.137. The maximum absolute atomic E-state index is 12.4. The molecule has 1 nitrogen and oxygen atoms in total. The van der Waals surface area contributed by atoms with Gasteiger partial charge in [-0.1, -0.05) is 29.8 Å². The fourth-order valence-electron chi connectivity index (χ4n) is 1.61. The Morgan fingerprint density at radius 2 is 1.68 bits per heavy atom. The van der Waals surface area contributed by atoms with Gasteiger partial charge in [-0.15, -0.1) is 0 Å². The van der Waals surface area contributed by atoms with E-state index in [0.29, 0.717) is 11.6 Å². The minimum atomic E-state index is -4.29. The van der Waals surface area contributed by atoms with Crippen LogP contribution in [0.25, 0.3) is 0 Å². The van der Waals surface area contributed by atoms with Crippen molar-refractivity contribution in [3.8, 4) is 0 Å². The Morgan fingerprint density at radius 1 is 1.00 bits per heavy atom. The van der Waals surface area contributed by atoms with Crippen LogP contribution in [0.15, 0.2) is 48.5 Å². The van der Waals surface area contributed by atoms with E-state index in [9.17, 15) is 13.2 Å². The molecular formula is C14H11ClF3N. The first kappa shape index (κ1) is 13.7. The molecule has 0 radical (unpaired) electrons. The van der Waals surface area contributed by atoms with Gasteiger partial charge in [0.25, 0.3) is 0 Å². The van der Waals surface area contributed by atoms with Gasteiger partial charge in [0.05, 0.1) is 5.56 Å². The van der Waals surface area contributed by atoms with Crippen molar-refractivity contribution in [1.29, 1.82) is 0 Å². The highest BCUT2D eigenvalue weighted by Gasteiger charge is 2.29. The van der Waals surface area contributed by atoms with Crippen molar-refractivity contribution in [2.75, 3.05) is 5.32 Å².